The van der Waals surface area contributed by atoms with Crippen molar-refractivity contribution < 1.29 is 22.7 Å². The van der Waals surface area contributed by atoms with Crippen molar-refractivity contribution in [2.45, 2.75) is 24.4 Å². The van der Waals surface area contributed by atoms with Gasteiger partial charge in [0, 0.05) is 67.0 Å². The van der Waals surface area contributed by atoms with Gasteiger partial charge in [-0.3, -0.25) is 14.6 Å². The zero-order valence-corrected chi connectivity index (χ0v) is 26.8. The molecule has 2 saturated heterocycles. The van der Waals surface area contributed by atoms with E-state index in [2.05, 4.69) is 15.0 Å². The van der Waals surface area contributed by atoms with Crippen LogP contribution >= 0.6 is 46.9 Å². The monoisotopic (exact) mass is 730 g/mol. The lowest BCUT2D eigenvalue weighted by atomic mass is 10.1. The molecular weight excluding hydrogens is 703 g/mol. The smallest absolute Gasteiger partial charge is 0.283 e. The number of carbonyl (C=O) groups excluding carboxylic acids is 2. The van der Waals surface area contributed by atoms with Crippen LogP contribution < -0.4 is 0 Å². The summed E-state index contributed by atoms with van der Waals surface area (Å²) in [6.45, 7) is 3.86. The van der Waals surface area contributed by atoms with Crippen LogP contribution in [0.3, 0.4) is 0 Å². The van der Waals surface area contributed by atoms with E-state index in [-0.39, 0.29) is 71.9 Å². The fourth-order valence-electron chi connectivity index (χ4n) is 5.14. The molecule has 2 aliphatic heterocycles. The Bertz CT molecular complexity index is 1720. The van der Waals surface area contributed by atoms with Gasteiger partial charge in [0.25, 0.3) is 15.9 Å². The van der Waals surface area contributed by atoms with Crippen LogP contribution in [-0.2, 0) is 19.6 Å². The molecule has 3 aromatic heterocycles. The number of aromatic nitrogens is 3. The van der Waals surface area contributed by atoms with Crippen molar-refractivity contribution in [1.82, 2.24) is 29.1 Å². The lowest BCUT2D eigenvalue weighted by Crippen LogP contribution is -2.58. The number of amides is 2. The maximum absolute atomic E-state index is 13.7. The zero-order chi connectivity index (χ0) is 28.0. The molecule has 5 heterocycles. The molecule has 0 saturated carbocycles. The van der Waals surface area contributed by atoms with Gasteiger partial charge in [-0.2, -0.15) is 4.31 Å². The van der Waals surface area contributed by atoms with Crippen molar-refractivity contribution in [3.8, 4) is 0 Å². The number of pyridine rings is 1. The van der Waals surface area contributed by atoms with Gasteiger partial charge in [-0.25, -0.2) is 13.4 Å². The average Bonchev–Trinajstić information content (AvgIpc) is 3.57. The van der Waals surface area contributed by atoms with E-state index in [1.165, 1.54) is 15.6 Å². The fourth-order valence-corrected chi connectivity index (χ4v) is 7.67. The van der Waals surface area contributed by atoms with Crippen LogP contribution in [0.5, 0.6) is 0 Å². The van der Waals surface area contributed by atoms with Crippen LogP contribution in [0.4, 0.5) is 0 Å². The van der Waals surface area contributed by atoms with Crippen LogP contribution in [0.2, 0.25) is 5.02 Å². The number of aromatic amines is 1. The predicted octanol–water partition coefficient (Wildman–Crippen LogP) is 3.52. The van der Waals surface area contributed by atoms with E-state index in [4.69, 9.17) is 16.3 Å². The second kappa shape index (κ2) is 12.1. The summed E-state index contributed by atoms with van der Waals surface area (Å²) < 4.78 is 34.9. The van der Waals surface area contributed by atoms with Crippen molar-refractivity contribution in [3.05, 3.63) is 52.3 Å². The van der Waals surface area contributed by atoms with Gasteiger partial charge in [0.15, 0.2) is 5.01 Å². The molecule has 1 aromatic carbocycles. The highest BCUT2D eigenvalue weighted by Crippen LogP contribution is 2.29. The molecule has 6 rings (SSSR count). The lowest BCUT2D eigenvalue weighted by Gasteiger charge is -2.41. The minimum Gasteiger partial charge on any atom is -0.378 e. The Morgan fingerprint density at radius 3 is 2.71 bits per heavy atom. The number of H-pyrrole nitrogens is 1. The molecule has 2 aliphatic rings. The molecule has 0 spiro atoms. The number of thiazole rings is 1. The number of carbonyl (C=O) groups is 2. The third kappa shape index (κ3) is 6.08. The van der Waals surface area contributed by atoms with E-state index in [1.54, 1.807) is 40.3 Å². The topological polar surface area (TPSA) is 129 Å². The summed E-state index contributed by atoms with van der Waals surface area (Å²) in [6.07, 6.45) is 1.68. The second-order valence-corrected chi connectivity index (χ2v) is 13.3. The normalized spacial score (nSPS) is 18.5. The molecule has 1 atom stereocenters. The summed E-state index contributed by atoms with van der Waals surface area (Å²) >= 11 is 7.33. The average molecular weight is 731 g/mol. The van der Waals surface area contributed by atoms with Gasteiger partial charge >= 0.3 is 0 Å². The molecule has 218 valence electrons. The zero-order valence-electron chi connectivity index (χ0n) is 22.1. The summed E-state index contributed by atoms with van der Waals surface area (Å²) in [5.41, 5.74) is 2.13. The molecule has 4 aromatic rings. The quantitative estimate of drug-likeness (QED) is 0.312. The molecule has 41 heavy (non-hydrogen) atoms. The fraction of sp³-hybridized carbons (Fsp3) is 0.385. The maximum atomic E-state index is 13.7. The van der Waals surface area contributed by atoms with Gasteiger partial charge in [-0.05, 0) is 37.3 Å². The summed E-state index contributed by atoms with van der Waals surface area (Å²) in [4.78, 5) is 42.0. The van der Waals surface area contributed by atoms with Crippen LogP contribution in [0.15, 0.2) is 41.6 Å². The van der Waals surface area contributed by atoms with Crippen LogP contribution in [0.25, 0.3) is 21.1 Å². The minimum atomic E-state index is -3.94. The highest BCUT2D eigenvalue weighted by atomic mass is 127. The Morgan fingerprint density at radius 1 is 1.15 bits per heavy atom. The molecule has 0 radical (unpaired) electrons. The van der Waals surface area contributed by atoms with Gasteiger partial charge in [-0.15, -0.1) is 35.3 Å². The summed E-state index contributed by atoms with van der Waals surface area (Å²) in [7, 11) is -3.94. The van der Waals surface area contributed by atoms with Crippen molar-refractivity contribution in [3.63, 3.8) is 0 Å². The molecular formula is C26H28ClIN6O5S2. The number of sulfonamides is 1. The number of hydrogen-bond donors (Lipinski definition) is 1. The highest BCUT2D eigenvalue weighted by molar-refractivity contribution is 14.0. The molecule has 2 amide bonds. The van der Waals surface area contributed by atoms with Gasteiger partial charge in [0.05, 0.1) is 29.5 Å². The Balaban J connectivity index is 0.00000337. The first kappa shape index (κ1) is 30.1. The first-order valence-electron chi connectivity index (χ1n) is 12.9. The van der Waals surface area contributed by atoms with Gasteiger partial charge in [0.1, 0.15) is 5.03 Å². The van der Waals surface area contributed by atoms with Gasteiger partial charge < -0.3 is 19.5 Å². The summed E-state index contributed by atoms with van der Waals surface area (Å²) in [6, 6.07) is 7.82. The molecule has 11 nitrogen and oxygen atoms in total. The third-order valence-corrected chi connectivity index (χ3v) is 10.3. The Morgan fingerprint density at radius 2 is 1.93 bits per heavy atom. The number of halogens is 2. The summed E-state index contributed by atoms with van der Waals surface area (Å²) in [5, 5.41) is 1.51. The van der Waals surface area contributed by atoms with Crippen LogP contribution in [-0.4, -0.2) is 101 Å². The molecule has 15 heteroatoms. The first-order chi connectivity index (χ1) is 19.2. The number of rotatable bonds is 5. The van der Waals surface area contributed by atoms with Gasteiger partial charge in [0.2, 0.25) is 5.91 Å². The Labute approximate surface area is 262 Å². The SMILES string of the molecule is Cc1cc2nc(C(=O)N3CCN(S(=O)(=O)c4cc5cc(Cl)ccc5[nH]4)CC3CC(=O)N3CCOCC3)sc2cn1.I. The van der Waals surface area contributed by atoms with E-state index in [1.807, 2.05) is 13.0 Å². The molecule has 1 unspecified atom stereocenters. The molecule has 0 aliphatic carbocycles. The highest BCUT2D eigenvalue weighted by Gasteiger charge is 2.39. The number of piperazine rings is 1. The Hall–Kier alpha value is -2.37. The number of ether oxygens (including phenoxy) is 1. The van der Waals surface area contributed by atoms with E-state index in [0.717, 1.165) is 10.4 Å². The first-order valence-corrected chi connectivity index (χ1v) is 15.5. The third-order valence-electron chi connectivity index (χ3n) is 7.25. The van der Waals surface area contributed by atoms with Crippen molar-refractivity contribution in [1.29, 1.82) is 0 Å². The second-order valence-electron chi connectivity index (χ2n) is 9.89. The Kier molecular flexibility index (Phi) is 8.87. The largest absolute Gasteiger partial charge is 0.378 e. The van der Waals surface area contributed by atoms with Crippen molar-refractivity contribution in [2.24, 2.45) is 0 Å². The van der Waals surface area contributed by atoms with Crippen LogP contribution in [0, 0.1) is 6.92 Å². The molecule has 1 N–H and O–H groups in total. The molecule has 0 bridgehead atoms. The lowest BCUT2D eigenvalue weighted by molar-refractivity contribution is -0.136. The number of benzene rings is 1. The predicted molar refractivity (Wildman–Crippen MR) is 166 cm³/mol. The van der Waals surface area contributed by atoms with E-state index >= 15 is 0 Å². The maximum Gasteiger partial charge on any atom is 0.283 e. The minimum absolute atomic E-state index is 0. The summed E-state index contributed by atoms with van der Waals surface area (Å²) in [5.74, 6) is -0.467. The van der Waals surface area contributed by atoms with E-state index in [9.17, 15) is 18.0 Å². The van der Waals surface area contributed by atoms with Gasteiger partial charge in [-0.1, -0.05) is 11.6 Å². The van der Waals surface area contributed by atoms with Crippen LogP contribution in [0.1, 0.15) is 21.9 Å². The van der Waals surface area contributed by atoms with Crippen molar-refractivity contribution in [2.75, 3.05) is 45.9 Å². The van der Waals surface area contributed by atoms with Crippen molar-refractivity contribution >= 4 is 89.9 Å². The number of hydrogen-bond acceptors (Lipinski definition) is 8. The number of morpholine rings is 1. The van der Waals surface area contributed by atoms with E-state index < -0.39 is 16.1 Å². The van der Waals surface area contributed by atoms with E-state index in [0.29, 0.717) is 47.7 Å². The number of nitrogens with one attached hydrogen (secondary N) is 1. The number of aryl methyl sites for hydroxylation is 1. The number of nitrogens with zero attached hydrogens (tertiary/aromatic N) is 5. The standard InChI is InChI=1S/C26H27ClN6O5S2.HI/c1-16-10-21-22(14-28-16)39-25(30-21)26(35)33-5-4-32(15-19(33)13-24(34)31-6-8-38-9-7-31)40(36,37)23-12-17-11-18(27)2-3-20(17)29-23;/h2-3,10-12,14,19,29H,4-9,13,15H2,1H3;1H. The number of fused-ring (bicyclic) bond motifs is 2. The molecule has 2 fully saturated rings.